The summed E-state index contributed by atoms with van der Waals surface area (Å²) in [5.74, 6) is -2.38. The molecule has 10 atom stereocenters. The van der Waals surface area contributed by atoms with Gasteiger partial charge in [0.2, 0.25) is 0 Å². The third kappa shape index (κ3) is 10.1. The van der Waals surface area contributed by atoms with Crippen LogP contribution < -0.4 is 9.47 Å². The Balaban J connectivity index is 1.62. The van der Waals surface area contributed by atoms with Crippen molar-refractivity contribution in [3.63, 3.8) is 0 Å². The van der Waals surface area contributed by atoms with Crippen LogP contribution in [0.1, 0.15) is 31.9 Å². The van der Waals surface area contributed by atoms with E-state index in [9.17, 15) is 39.9 Å². The van der Waals surface area contributed by atoms with Crippen molar-refractivity contribution in [1.82, 2.24) is 0 Å². The van der Waals surface area contributed by atoms with Crippen molar-refractivity contribution in [2.45, 2.75) is 88.6 Å². The Morgan fingerprint density at radius 1 is 0.788 bits per heavy atom. The topological polar surface area (TPSA) is 235 Å². The van der Waals surface area contributed by atoms with Gasteiger partial charge in [0.1, 0.15) is 24.4 Å². The molecule has 286 valence electrons. The van der Waals surface area contributed by atoms with Gasteiger partial charge in [0.05, 0.1) is 33.5 Å². The summed E-state index contributed by atoms with van der Waals surface area (Å²) in [6.07, 6.45) is -12.2. The minimum Gasteiger partial charge on any atom is -0.504 e. The van der Waals surface area contributed by atoms with E-state index in [2.05, 4.69) is 0 Å². The maximum Gasteiger partial charge on any atom is 0.331 e. The number of carbonyl (C=O) groups is 3. The Morgan fingerprint density at radius 3 is 2.12 bits per heavy atom. The number of carbonyl (C=O) groups excluding carboxylic acids is 3. The largest absolute Gasteiger partial charge is 0.504 e. The van der Waals surface area contributed by atoms with Crippen molar-refractivity contribution in [2.75, 3.05) is 27.4 Å². The average Bonchev–Trinajstić information content (AvgIpc) is 3.10. The van der Waals surface area contributed by atoms with Gasteiger partial charge in [-0.2, -0.15) is 0 Å². The highest BCUT2D eigenvalue weighted by molar-refractivity contribution is 5.87. The number of aliphatic hydroxyl groups is 3. The lowest BCUT2D eigenvalue weighted by Gasteiger charge is -2.47. The van der Waals surface area contributed by atoms with Gasteiger partial charge >= 0.3 is 17.9 Å². The van der Waals surface area contributed by atoms with E-state index in [1.807, 2.05) is 0 Å². The molecule has 52 heavy (non-hydrogen) atoms. The molecule has 0 amide bonds. The van der Waals surface area contributed by atoms with Gasteiger partial charge in [0.25, 0.3) is 0 Å². The fraction of sp³-hybridized carbons (Fsp3) is 0.514. The number of aliphatic hydroxyl groups excluding tert-OH is 3. The summed E-state index contributed by atoms with van der Waals surface area (Å²) in [4.78, 5) is 37.2. The fourth-order valence-electron chi connectivity index (χ4n) is 5.69. The second kappa shape index (κ2) is 18.3. The number of hydrogen-bond acceptors (Lipinski definition) is 17. The van der Waals surface area contributed by atoms with E-state index in [1.54, 1.807) is 12.1 Å². The summed E-state index contributed by atoms with van der Waals surface area (Å²) < 4.78 is 50.1. The standard InChI is InChI=1S/C35H44O17/c1-17-28(42)31(48-18(2)37)33(49-19(3)38)35(47-17)52-32-29(43)34(46-13-12-21-7-10-24(44-4)23(40)14-21)50-26(16-36)30(32)51-27(41)11-8-20-6-9-22(39)25(15-20)45-5/h6-11,14-15,17,26,28-36,39-40,42-43H,12-13,16H2,1-5H3/b11-8+/t17-,26+,28-,29+,30+,31+,32+,33+,34+,35-/m0/s1. The smallest absolute Gasteiger partial charge is 0.331 e. The molecule has 0 unspecified atom stereocenters. The van der Waals surface area contributed by atoms with Crippen LogP contribution in [0.5, 0.6) is 23.0 Å². The van der Waals surface area contributed by atoms with Gasteiger partial charge in [0, 0.05) is 19.9 Å². The SMILES string of the molecule is COc1ccc(CCO[C@@H]2O[C@H](CO)[C@@H](OC(=O)/C=C/c3ccc(O)c(OC)c3)[C@H](O[C@@H]3O[C@@H](C)[C@H](O)[C@@H](OC(C)=O)[C@H]3OC(C)=O)[C@H]2O)cc1O. The maximum absolute atomic E-state index is 13.2. The van der Waals surface area contributed by atoms with Gasteiger partial charge in [-0.3, -0.25) is 9.59 Å². The quantitative estimate of drug-likeness (QED) is 0.102. The number of benzene rings is 2. The lowest BCUT2D eigenvalue weighted by atomic mass is 9.96. The number of rotatable bonds is 14. The minimum atomic E-state index is -1.74. The molecule has 2 aromatic rings. The maximum atomic E-state index is 13.2. The van der Waals surface area contributed by atoms with E-state index >= 15 is 0 Å². The Morgan fingerprint density at radius 2 is 1.48 bits per heavy atom. The third-order valence-electron chi connectivity index (χ3n) is 8.23. The molecule has 2 heterocycles. The van der Waals surface area contributed by atoms with Gasteiger partial charge in [0.15, 0.2) is 53.9 Å². The van der Waals surface area contributed by atoms with Crippen LogP contribution >= 0.6 is 0 Å². The average molecular weight is 737 g/mol. The van der Waals surface area contributed by atoms with E-state index in [1.165, 1.54) is 51.5 Å². The third-order valence-corrected chi connectivity index (χ3v) is 8.23. The van der Waals surface area contributed by atoms with Crippen LogP contribution in [0.4, 0.5) is 0 Å². The fourth-order valence-corrected chi connectivity index (χ4v) is 5.69. The van der Waals surface area contributed by atoms with Crippen molar-refractivity contribution in [3.05, 3.63) is 53.6 Å². The van der Waals surface area contributed by atoms with Gasteiger partial charge in [-0.05, 0) is 54.8 Å². The molecule has 2 fully saturated rings. The second-order valence-electron chi connectivity index (χ2n) is 12.0. The number of aromatic hydroxyl groups is 2. The molecule has 0 saturated carbocycles. The predicted octanol–water partition coefficient (Wildman–Crippen LogP) is 0.732. The molecular formula is C35H44O17. The van der Waals surface area contributed by atoms with E-state index in [-0.39, 0.29) is 36.0 Å². The molecule has 17 heteroatoms. The number of esters is 3. The zero-order valence-electron chi connectivity index (χ0n) is 29.1. The number of phenolic OH excluding ortho intramolecular Hbond substituents is 2. The van der Waals surface area contributed by atoms with Crippen molar-refractivity contribution in [3.8, 4) is 23.0 Å². The molecule has 0 radical (unpaired) electrons. The van der Waals surface area contributed by atoms with Crippen LogP contribution in [-0.4, -0.2) is 132 Å². The molecule has 0 aromatic heterocycles. The highest BCUT2D eigenvalue weighted by atomic mass is 16.8. The molecule has 17 nitrogen and oxygen atoms in total. The Hall–Kier alpha value is -4.49. The normalized spacial score (nSPS) is 28.9. The van der Waals surface area contributed by atoms with E-state index in [4.69, 9.17) is 42.6 Å². The molecule has 2 aliphatic rings. The molecule has 0 aliphatic carbocycles. The molecule has 2 saturated heterocycles. The van der Waals surface area contributed by atoms with Gasteiger partial charge in [-0.25, -0.2) is 4.79 Å². The van der Waals surface area contributed by atoms with Crippen LogP contribution in [0.15, 0.2) is 42.5 Å². The van der Waals surface area contributed by atoms with E-state index in [0.29, 0.717) is 11.1 Å². The first kappa shape index (κ1) is 40.3. The summed E-state index contributed by atoms with van der Waals surface area (Å²) in [7, 11) is 2.77. The summed E-state index contributed by atoms with van der Waals surface area (Å²) in [6.45, 7) is 2.80. The van der Waals surface area contributed by atoms with Crippen LogP contribution in [0, 0.1) is 0 Å². The zero-order chi connectivity index (χ0) is 38.1. The molecule has 4 rings (SSSR count). The Kier molecular flexibility index (Phi) is 14.2. The second-order valence-corrected chi connectivity index (χ2v) is 12.0. The van der Waals surface area contributed by atoms with Crippen LogP contribution in [-0.2, 0) is 54.0 Å². The molecule has 5 N–H and O–H groups in total. The first-order chi connectivity index (χ1) is 24.8. The first-order valence-corrected chi connectivity index (χ1v) is 16.3. The molecule has 0 spiro atoms. The Labute approximate surface area is 299 Å². The van der Waals surface area contributed by atoms with Gasteiger partial charge in [-0.1, -0.05) is 12.1 Å². The summed E-state index contributed by atoms with van der Waals surface area (Å²) >= 11 is 0. The monoisotopic (exact) mass is 736 g/mol. The molecule has 2 aliphatic heterocycles. The zero-order valence-corrected chi connectivity index (χ0v) is 29.1. The molecule has 0 bridgehead atoms. The van der Waals surface area contributed by atoms with Gasteiger partial charge in [-0.15, -0.1) is 0 Å². The number of phenols is 2. The Bertz CT molecular complexity index is 1560. The van der Waals surface area contributed by atoms with Crippen molar-refractivity contribution in [1.29, 1.82) is 0 Å². The van der Waals surface area contributed by atoms with E-state index in [0.717, 1.165) is 19.9 Å². The number of methoxy groups -OCH3 is 2. The van der Waals surface area contributed by atoms with Crippen LogP contribution in [0.3, 0.4) is 0 Å². The van der Waals surface area contributed by atoms with Crippen molar-refractivity contribution >= 4 is 24.0 Å². The summed E-state index contributed by atoms with van der Waals surface area (Å²) in [5.41, 5.74) is 1.12. The van der Waals surface area contributed by atoms with Crippen molar-refractivity contribution < 1.29 is 82.5 Å². The summed E-state index contributed by atoms with van der Waals surface area (Å²) in [6, 6.07) is 9.09. The van der Waals surface area contributed by atoms with E-state index < -0.39 is 85.9 Å². The van der Waals surface area contributed by atoms with Crippen LogP contribution in [0.25, 0.3) is 6.08 Å². The lowest BCUT2D eigenvalue weighted by molar-refractivity contribution is -0.358. The predicted molar refractivity (Wildman–Crippen MR) is 176 cm³/mol. The minimum absolute atomic E-state index is 0.0601. The number of hydrogen-bond donors (Lipinski definition) is 5. The molecule has 2 aromatic carbocycles. The first-order valence-electron chi connectivity index (χ1n) is 16.3. The molecular weight excluding hydrogens is 692 g/mol. The lowest BCUT2D eigenvalue weighted by Crippen LogP contribution is -2.65. The van der Waals surface area contributed by atoms with Crippen LogP contribution in [0.2, 0.25) is 0 Å². The highest BCUT2D eigenvalue weighted by Gasteiger charge is 2.54. The number of ether oxygens (including phenoxy) is 9. The van der Waals surface area contributed by atoms with Gasteiger partial charge < -0.3 is 68.2 Å². The highest BCUT2D eigenvalue weighted by Crippen LogP contribution is 2.34. The summed E-state index contributed by atoms with van der Waals surface area (Å²) in [5, 5.41) is 52.8. The van der Waals surface area contributed by atoms with Crippen molar-refractivity contribution in [2.24, 2.45) is 0 Å².